The second-order valence-electron chi connectivity index (χ2n) is 1.76. The van der Waals surface area contributed by atoms with Gasteiger partial charge in [0.05, 0.1) is 0 Å². The first-order valence-corrected chi connectivity index (χ1v) is 2.97. The molecule has 0 radical (unpaired) electrons. The Kier molecular flexibility index (Phi) is 3.96. The molecule has 0 aliphatic heterocycles. The summed E-state index contributed by atoms with van der Waals surface area (Å²) in [6.07, 6.45) is 1.70. The van der Waals surface area contributed by atoms with Crippen LogP contribution in [-0.2, 0) is 0 Å². The Morgan fingerprint density at radius 2 is 2.10 bits per heavy atom. The molecule has 0 atom stereocenters. The maximum absolute atomic E-state index is 5.35. The van der Waals surface area contributed by atoms with Crippen LogP contribution in [0.2, 0.25) is 0 Å². The number of hydrogen-bond donors (Lipinski definition) is 1. The van der Waals surface area contributed by atoms with Crippen molar-refractivity contribution in [3.05, 3.63) is 37.1 Å². The normalized spacial score (nSPS) is 7.70. The number of nitrogens with zero attached hydrogens (tertiary/aromatic N) is 1. The van der Waals surface area contributed by atoms with Gasteiger partial charge in [-0.15, -0.1) is 13.2 Å². The van der Waals surface area contributed by atoms with Crippen LogP contribution in [0.25, 0.3) is 0 Å². The first kappa shape index (κ1) is 8.69. The van der Waals surface area contributed by atoms with E-state index in [1.165, 1.54) is 0 Å². The van der Waals surface area contributed by atoms with E-state index >= 15 is 0 Å². The van der Waals surface area contributed by atoms with Crippen molar-refractivity contribution in [2.45, 2.75) is 6.92 Å². The van der Waals surface area contributed by atoms with Crippen molar-refractivity contribution in [2.75, 3.05) is 5.73 Å². The average molecular weight is 136 g/mol. The third kappa shape index (κ3) is 2.87. The lowest BCUT2D eigenvalue weighted by Crippen LogP contribution is -1.87. The second-order valence-corrected chi connectivity index (χ2v) is 1.76. The molecule has 2 N–H and O–H groups in total. The highest BCUT2D eigenvalue weighted by Gasteiger charge is 1.82. The van der Waals surface area contributed by atoms with Crippen LogP contribution in [0.1, 0.15) is 5.56 Å². The Morgan fingerprint density at radius 3 is 2.40 bits per heavy atom. The fourth-order valence-electron chi connectivity index (χ4n) is 0.560. The predicted molar refractivity (Wildman–Crippen MR) is 44.6 cm³/mol. The van der Waals surface area contributed by atoms with Crippen LogP contribution in [0.3, 0.4) is 0 Å². The van der Waals surface area contributed by atoms with E-state index in [4.69, 9.17) is 5.73 Å². The summed E-state index contributed by atoms with van der Waals surface area (Å²) >= 11 is 0. The summed E-state index contributed by atoms with van der Waals surface area (Å²) in [5, 5.41) is 0. The van der Waals surface area contributed by atoms with E-state index < -0.39 is 0 Å². The molecule has 0 aliphatic carbocycles. The van der Waals surface area contributed by atoms with Crippen molar-refractivity contribution in [3.8, 4) is 0 Å². The van der Waals surface area contributed by atoms with Crippen LogP contribution in [0.15, 0.2) is 31.5 Å². The van der Waals surface area contributed by atoms with Crippen LogP contribution >= 0.6 is 0 Å². The van der Waals surface area contributed by atoms with Crippen molar-refractivity contribution < 1.29 is 0 Å². The van der Waals surface area contributed by atoms with Crippen LogP contribution in [0, 0.1) is 6.92 Å². The zero-order chi connectivity index (χ0) is 7.98. The van der Waals surface area contributed by atoms with Gasteiger partial charge < -0.3 is 5.73 Å². The van der Waals surface area contributed by atoms with E-state index in [-0.39, 0.29) is 0 Å². The lowest BCUT2D eigenvalue weighted by Gasteiger charge is -1.90. The molecule has 2 nitrogen and oxygen atoms in total. The topological polar surface area (TPSA) is 38.9 Å². The maximum atomic E-state index is 5.35. The van der Waals surface area contributed by atoms with Crippen LogP contribution < -0.4 is 5.73 Å². The molecule has 1 aromatic rings. The second kappa shape index (κ2) is 4.56. The van der Waals surface area contributed by atoms with Gasteiger partial charge in [0.15, 0.2) is 0 Å². The third-order valence-electron chi connectivity index (χ3n) is 0.937. The molecule has 10 heavy (non-hydrogen) atoms. The number of pyridine rings is 1. The third-order valence-corrected chi connectivity index (χ3v) is 0.937. The van der Waals surface area contributed by atoms with Gasteiger partial charge in [-0.05, 0) is 24.6 Å². The highest BCUT2D eigenvalue weighted by Crippen LogP contribution is 1.98. The summed E-state index contributed by atoms with van der Waals surface area (Å²) in [7, 11) is 0. The summed E-state index contributed by atoms with van der Waals surface area (Å²) in [5.74, 6) is 0.588. The van der Waals surface area contributed by atoms with Gasteiger partial charge in [-0.3, -0.25) is 0 Å². The highest BCUT2D eigenvalue weighted by atomic mass is 14.8. The first-order valence-electron chi connectivity index (χ1n) is 2.97. The van der Waals surface area contributed by atoms with Crippen molar-refractivity contribution in [3.63, 3.8) is 0 Å². The Morgan fingerprint density at radius 1 is 1.50 bits per heavy atom. The number of nitrogens with two attached hydrogens (primary N) is 1. The lowest BCUT2D eigenvalue weighted by atomic mass is 10.3. The Labute approximate surface area is 61.4 Å². The van der Waals surface area contributed by atoms with Gasteiger partial charge >= 0.3 is 0 Å². The first-order chi connectivity index (χ1) is 4.79. The van der Waals surface area contributed by atoms with Gasteiger partial charge in [0, 0.05) is 6.20 Å². The Bertz CT molecular complexity index is 179. The van der Waals surface area contributed by atoms with Crippen molar-refractivity contribution >= 4 is 5.82 Å². The lowest BCUT2D eigenvalue weighted by molar-refractivity contribution is 1.30. The van der Waals surface area contributed by atoms with Gasteiger partial charge in [-0.2, -0.15) is 0 Å². The molecule has 0 saturated carbocycles. The monoisotopic (exact) mass is 136 g/mol. The molecule has 0 bridgehead atoms. The van der Waals surface area contributed by atoms with Crippen molar-refractivity contribution in [1.82, 2.24) is 4.98 Å². The quantitative estimate of drug-likeness (QED) is 0.552. The highest BCUT2D eigenvalue weighted by molar-refractivity contribution is 5.30. The molecule has 1 aromatic heterocycles. The fourth-order valence-corrected chi connectivity index (χ4v) is 0.560. The molecule has 0 aliphatic rings. The minimum absolute atomic E-state index is 0.588. The van der Waals surface area contributed by atoms with Crippen molar-refractivity contribution in [1.29, 1.82) is 0 Å². The maximum Gasteiger partial charge on any atom is 0.123 e. The molecule has 2 heteroatoms. The standard InChI is InChI=1S/C6H8N2.C2H4/c1-5-2-3-8-6(7)4-5;1-2/h2-4H,1H3,(H2,7,8);1-2H2. The summed E-state index contributed by atoms with van der Waals surface area (Å²) in [6.45, 7) is 7.98. The smallest absolute Gasteiger partial charge is 0.123 e. The number of nitrogen functional groups attached to an aromatic ring is 1. The average Bonchev–Trinajstić information content (AvgIpc) is 1.91. The predicted octanol–water partition coefficient (Wildman–Crippen LogP) is 1.77. The van der Waals surface area contributed by atoms with Crippen LogP contribution in [0.4, 0.5) is 5.82 Å². The molecular weight excluding hydrogens is 124 g/mol. The Balaban J connectivity index is 0.000000371. The van der Waals surface area contributed by atoms with Gasteiger partial charge in [0.1, 0.15) is 5.82 Å². The molecular formula is C8H12N2. The van der Waals surface area contributed by atoms with Gasteiger partial charge in [-0.1, -0.05) is 0 Å². The van der Waals surface area contributed by atoms with Crippen molar-refractivity contribution in [2.24, 2.45) is 0 Å². The van der Waals surface area contributed by atoms with Crippen LogP contribution in [-0.4, -0.2) is 4.98 Å². The molecule has 1 rings (SSSR count). The molecule has 0 unspecified atom stereocenters. The minimum Gasteiger partial charge on any atom is -0.384 e. The molecule has 0 saturated heterocycles. The summed E-state index contributed by atoms with van der Waals surface area (Å²) in [6, 6.07) is 3.75. The molecule has 1 heterocycles. The fraction of sp³-hybridized carbons (Fsp3) is 0.125. The molecule has 54 valence electrons. The van der Waals surface area contributed by atoms with E-state index in [0.717, 1.165) is 5.56 Å². The van der Waals surface area contributed by atoms with Crippen LogP contribution in [0.5, 0.6) is 0 Å². The molecule has 0 spiro atoms. The van der Waals surface area contributed by atoms with Gasteiger partial charge in [0.25, 0.3) is 0 Å². The minimum atomic E-state index is 0.588. The number of hydrogen-bond acceptors (Lipinski definition) is 2. The number of aryl methyl sites for hydroxylation is 1. The molecule has 0 aromatic carbocycles. The number of aromatic nitrogens is 1. The molecule has 0 amide bonds. The van der Waals surface area contributed by atoms with Gasteiger partial charge in [-0.25, -0.2) is 4.98 Å². The van der Waals surface area contributed by atoms with E-state index in [9.17, 15) is 0 Å². The number of anilines is 1. The van der Waals surface area contributed by atoms with Gasteiger partial charge in [0.2, 0.25) is 0 Å². The van der Waals surface area contributed by atoms with E-state index in [0.29, 0.717) is 5.82 Å². The van der Waals surface area contributed by atoms with E-state index in [2.05, 4.69) is 18.1 Å². The summed E-state index contributed by atoms with van der Waals surface area (Å²) in [4.78, 5) is 3.82. The summed E-state index contributed by atoms with van der Waals surface area (Å²) < 4.78 is 0. The zero-order valence-corrected chi connectivity index (χ0v) is 6.17. The van der Waals surface area contributed by atoms with E-state index in [1.54, 1.807) is 6.20 Å². The molecule has 0 fully saturated rings. The number of rotatable bonds is 0. The Hall–Kier alpha value is -1.31. The van der Waals surface area contributed by atoms with E-state index in [1.807, 2.05) is 19.1 Å². The summed E-state index contributed by atoms with van der Waals surface area (Å²) in [5.41, 5.74) is 6.50. The largest absolute Gasteiger partial charge is 0.384 e. The SMILES string of the molecule is C=C.Cc1ccnc(N)c1. The zero-order valence-electron chi connectivity index (χ0n) is 6.17.